The van der Waals surface area contributed by atoms with Crippen LogP contribution in [-0.2, 0) is 32.7 Å². The molecule has 0 fully saturated rings. The maximum atomic E-state index is 12.6. The molecule has 0 aliphatic heterocycles. The van der Waals surface area contributed by atoms with Gasteiger partial charge in [0.05, 0.1) is 13.2 Å². The molecule has 2 unspecified atom stereocenters. The average Bonchev–Trinajstić information content (AvgIpc) is 3.20. The summed E-state index contributed by atoms with van der Waals surface area (Å²) in [5.41, 5.74) is 5.34. The summed E-state index contributed by atoms with van der Waals surface area (Å²) in [6, 6.07) is 0. The molecule has 0 saturated carbocycles. The summed E-state index contributed by atoms with van der Waals surface area (Å²) in [4.78, 5) is 34.9. The lowest BCUT2D eigenvalue weighted by Gasteiger charge is -2.19. The normalized spacial score (nSPS) is 14.2. The molecule has 0 amide bonds. The number of hydrogen-bond acceptors (Lipinski definition) is 8. The molecule has 57 heavy (non-hydrogen) atoms. The minimum absolute atomic E-state index is 0.0384. The van der Waals surface area contributed by atoms with Crippen molar-refractivity contribution in [2.24, 2.45) is 5.73 Å². The Morgan fingerprint density at radius 2 is 0.965 bits per heavy atom. The highest BCUT2D eigenvalue weighted by Gasteiger charge is 2.25. The minimum Gasteiger partial charge on any atom is -0.462 e. The van der Waals surface area contributed by atoms with Crippen molar-refractivity contribution in [3.8, 4) is 0 Å². The third-order valence-electron chi connectivity index (χ3n) is 8.45. The molecule has 0 heterocycles. The summed E-state index contributed by atoms with van der Waals surface area (Å²) in [6.07, 6.45) is 54.4. The van der Waals surface area contributed by atoms with Gasteiger partial charge in [-0.05, 0) is 96.3 Å². The molecule has 0 spiro atoms. The quantitative estimate of drug-likeness (QED) is 0.0269. The zero-order valence-electron chi connectivity index (χ0n) is 35.5. The summed E-state index contributed by atoms with van der Waals surface area (Å²) in [6.45, 7) is 3.50. The molecule has 0 aliphatic carbocycles. The number of phosphoric acid groups is 1. The van der Waals surface area contributed by atoms with E-state index in [1.807, 2.05) is 0 Å². The first kappa shape index (κ1) is 53.9. The largest absolute Gasteiger partial charge is 0.472 e. The van der Waals surface area contributed by atoms with Gasteiger partial charge in [-0.2, -0.15) is 0 Å². The molecule has 0 saturated heterocycles. The fourth-order valence-electron chi connectivity index (χ4n) is 5.25. The second-order valence-electron chi connectivity index (χ2n) is 13.8. The summed E-state index contributed by atoms with van der Waals surface area (Å²) >= 11 is 0. The maximum Gasteiger partial charge on any atom is 0.472 e. The van der Waals surface area contributed by atoms with Gasteiger partial charge in [0, 0.05) is 19.4 Å². The Kier molecular flexibility index (Phi) is 40.2. The van der Waals surface area contributed by atoms with Gasteiger partial charge in [0.25, 0.3) is 0 Å². The molecule has 0 rings (SSSR count). The highest BCUT2D eigenvalue weighted by molar-refractivity contribution is 7.47. The van der Waals surface area contributed by atoms with Crippen LogP contribution in [0.15, 0.2) is 97.2 Å². The number of phosphoric ester groups is 1. The molecule has 0 aromatic carbocycles. The van der Waals surface area contributed by atoms with Gasteiger partial charge in [-0.3, -0.25) is 18.6 Å². The van der Waals surface area contributed by atoms with Crippen molar-refractivity contribution in [1.29, 1.82) is 0 Å². The van der Waals surface area contributed by atoms with Gasteiger partial charge in [0.2, 0.25) is 0 Å². The fraction of sp³-hybridized carbons (Fsp3) is 0.617. The van der Waals surface area contributed by atoms with E-state index in [4.69, 9.17) is 24.3 Å². The van der Waals surface area contributed by atoms with E-state index in [-0.39, 0.29) is 32.6 Å². The predicted octanol–water partition coefficient (Wildman–Crippen LogP) is 12.6. The van der Waals surface area contributed by atoms with Crippen molar-refractivity contribution in [1.82, 2.24) is 0 Å². The number of hydrogen-bond donors (Lipinski definition) is 2. The Morgan fingerprint density at radius 1 is 0.544 bits per heavy atom. The second-order valence-corrected chi connectivity index (χ2v) is 15.3. The van der Waals surface area contributed by atoms with Crippen molar-refractivity contribution in [3.05, 3.63) is 97.2 Å². The number of carbonyl (C=O) groups excluding carboxylic acids is 2. The van der Waals surface area contributed by atoms with Crippen molar-refractivity contribution < 1.29 is 37.6 Å². The van der Waals surface area contributed by atoms with E-state index in [2.05, 4.69) is 111 Å². The lowest BCUT2D eigenvalue weighted by molar-refractivity contribution is -0.161. The van der Waals surface area contributed by atoms with E-state index in [1.54, 1.807) is 0 Å². The number of rotatable bonds is 39. The van der Waals surface area contributed by atoms with Crippen LogP contribution in [0.4, 0.5) is 0 Å². The SMILES string of the molecule is CC/C=C\C/C=C\C/C=C\C/C=C\C/C=C\C/C=C\CCCCC(=O)OC(COC(=O)CCCCCCC/C=C\C/C=C\CCCCC)COP(=O)(O)OCCN. The molecule has 0 aromatic heterocycles. The van der Waals surface area contributed by atoms with E-state index in [1.165, 1.54) is 25.7 Å². The van der Waals surface area contributed by atoms with Crippen molar-refractivity contribution in [2.75, 3.05) is 26.4 Å². The molecule has 9 nitrogen and oxygen atoms in total. The van der Waals surface area contributed by atoms with Crippen LogP contribution in [0, 0.1) is 0 Å². The van der Waals surface area contributed by atoms with Gasteiger partial charge >= 0.3 is 19.8 Å². The lowest BCUT2D eigenvalue weighted by atomic mass is 10.1. The van der Waals surface area contributed by atoms with Crippen molar-refractivity contribution >= 4 is 19.8 Å². The van der Waals surface area contributed by atoms with Crippen LogP contribution in [0.1, 0.15) is 155 Å². The first-order chi connectivity index (χ1) is 27.8. The Hall–Kier alpha value is -3.07. The zero-order valence-corrected chi connectivity index (χ0v) is 36.4. The molecule has 2 atom stereocenters. The number of carbonyl (C=O) groups is 2. The third-order valence-corrected chi connectivity index (χ3v) is 9.44. The molecule has 3 N–H and O–H groups in total. The first-order valence-electron chi connectivity index (χ1n) is 21.7. The molecule has 0 aliphatic rings. The molecule has 324 valence electrons. The van der Waals surface area contributed by atoms with Gasteiger partial charge in [-0.15, -0.1) is 0 Å². The van der Waals surface area contributed by atoms with Gasteiger partial charge in [0.1, 0.15) is 6.61 Å². The smallest absolute Gasteiger partial charge is 0.462 e. The lowest BCUT2D eigenvalue weighted by Crippen LogP contribution is -2.29. The first-order valence-corrected chi connectivity index (χ1v) is 23.2. The molecule has 10 heteroatoms. The predicted molar refractivity (Wildman–Crippen MR) is 238 cm³/mol. The van der Waals surface area contributed by atoms with Crippen LogP contribution < -0.4 is 5.73 Å². The van der Waals surface area contributed by atoms with Crippen LogP contribution in [-0.4, -0.2) is 49.3 Å². The zero-order chi connectivity index (χ0) is 41.8. The van der Waals surface area contributed by atoms with Gasteiger partial charge in [-0.1, -0.05) is 143 Å². The summed E-state index contributed by atoms with van der Waals surface area (Å²) in [7, 11) is -4.40. The van der Waals surface area contributed by atoms with Crippen LogP contribution >= 0.6 is 7.82 Å². The topological polar surface area (TPSA) is 134 Å². The van der Waals surface area contributed by atoms with E-state index in [0.29, 0.717) is 12.8 Å². The van der Waals surface area contributed by atoms with Crippen LogP contribution in [0.3, 0.4) is 0 Å². The van der Waals surface area contributed by atoms with E-state index < -0.39 is 32.5 Å². The molecule has 0 aromatic rings. The van der Waals surface area contributed by atoms with Gasteiger partial charge in [0.15, 0.2) is 6.10 Å². The number of allylic oxidation sites excluding steroid dienone is 16. The number of unbranched alkanes of at least 4 members (excludes halogenated alkanes) is 10. The van der Waals surface area contributed by atoms with Crippen molar-refractivity contribution in [3.63, 3.8) is 0 Å². The van der Waals surface area contributed by atoms with Crippen LogP contribution in [0.5, 0.6) is 0 Å². The molecule has 0 bridgehead atoms. The summed E-state index contributed by atoms with van der Waals surface area (Å²) in [5.74, 6) is -0.906. The Balaban J connectivity index is 4.30. The van der Waals surface area contributed by atoms with E-state index >= 15 is 0 Å². The Morgan fingerprint density at radius 3 is 1.47 bits per heavy atom. The fourth-order valence-corrected chi connectivity index (χ4v) is 6.02. The molecular weight excluding hydrogens is 737 g/mol. The van der Waals surface area contributed by atoms with Crippen LogP contribution in [0.2, 0.25) is 0 Å². The summed E-state index contributed by atoms with van der Waals surface area (Å²) in [5, 5.41) is 0. The highest BCUT2D eigenvalue weighted by Crippen LogP contribution is 2.43. The van der Waals surface area contributed by atoms with Gasteiger partial charge in [-0.25, -0.2) is 4.57 Å². The third kappa shape index (κ3) is 42.4. The standard InChI is InChI=1S/C47H78NO8P/c1-3-5-7-9-11-13-15-17-19-20-21-22-23-24-26-28-30-32-34-36-38-40-47(50)56-45(44-55-57(51,52)54-42-41-48)43-53-46(49)39-37-35-33-31-29-27-25-18-16-14-12-10-8-6-4-2/h5,7,11-14,17-19,21-22,24-26,30,32,45H,3-4,6,8-10,15-16,20,23,27-29,31,33-44,48H2,1-2H3,(H,51,52)/b7-5-,13-11-,14-12-,19-17-,22-21-,25-18-,26-24-,32-30-. The Labute approximate surface area is 346 Å². The highest BCUT2D eigenvalue weighted by atomic mass is 31.2. The summed E-state index contributed by atoms with van der Waals surface area (Å²) < 4.78 is 32.7. The average molecular weight is 816 g/mol. The van der Waals surface area contributed by atoms with Crippen LogP contribution in [0.25, 0.3) is 0 Å². The monoisotopic (exact) mass is 816 g/mol. The minimum atomic E-state index is -4.40. The van der Waals surface area contributed by atoms with E-state index in [9.17, 15) is 19.0 Å². The number of nitrogens with two attached hydrogens (primary N) is 1. The van der Waals surface area contributed by atoms with Gasteiger partial charge < -0.3 is 20.1 Å². The molecular formula is C47H78NO8P. The van der Waals surface area contributed by atoms with E-state index in [0.717, 1.165) is 89.9 Å². The number of ether oxygens (including phenoxy) is 2. The second kappa shape index (κ2) is 42.5. The van der Waals surface area contributed by atoms with Crippen molar-refractivity contribution in [2.45, 2.75) is 161 Å². The maximum absolute atomic E-state index is 12.6. The number of esters is 2. The Bertz CT molecular complexity index is 1250. The molecule has 0 radical (unpaired) electrons.